The molecule has 0 aromatic carbocycles. The second kappa shape index (κ2) is 6.47. The van der Waals surface area contributed by atoms with E-state index >= 15 is 0 Å². The minimum atomic E-state index is -0.133. The summed E-state index contributed by atoms with van der Waals surface area (Å²) >= 11 is 0. The smallest absolute Gasteiger partial charge is 0.137 e. The molecule has 4 saturated carbocycles. The average Bonchev–Trinajstić information content (AvgIpc) is 2.92. The van der Waals surface area contributed by atoms with Gasteiger partial charge in [-0.3, -0.25) is 4.79 Å². The number of carbonyl (C=O) groups excluding carboxylic acids is 1. The minimum absolute atomic E-state index is 0.133. The molecule has 26 heavy (non-hydrogen) atoms. The number of Topliss-reactive ketones (excluding diaryl/α,β-unsaturated/α-hetero) is 1. The van der Waals surface area contributed by atoms with E-state index in [0.29, 0.717) is 29.5 Å². The van der Waals surface area contributed by atoms with Crippen molar-refractivity contribution in [2.75, 3.05) is 0 Å². The Balaban J connectivity index is 1.64. The Morgan fingerprint density at radius 2 is 1.88 bits per heavy atom. The Morgan fingerprint density at radius 3 is 2.62 bits per heavy atom. The van der Waals surface area contributed by atoms with Crippen molar-refractivity contribution < 1.29 is 9.90 Å². The zero-order valence-corrected chi connectivity index (χ0v) is 17.2. The molecule has 4 rings (SSSR count). The monoisotopic (exact) mass is 358 g/mol. The van der Waals surface area contributed by atoms with Gasteiger partial charge in [-0.05, 0) is 92.3 Å². The summed E-state index contributed by atoms with van der Waals surface area (Å²) in [6.07, 6.45) is 13.1. The van der Waals surface area contributed by atoms with Gasteiger partial charge >= 0.3 is 0 Å². The number of aliphatic hydroxyl groups is 1. The normalized spacial score (nSPS) is 52.4. The maximum Gasteiger partial charge on any atom is 0.137 e. The van der Waals surface area contributed by atoms with Crippen LogP contribution in [0, 0.1) is 46.3 Å². The van der Waals surface area contributed by atoms with Gasteiger partial charge in [-0.15, -0.1) is 0 Å². The fraction of sp³-hybridized carbons (Fsp3) is 0.875. The summed E-state index contributed by atoms with van der Waals surface area (Å²) in [7, 11) is 0. The lowest BCUT2D eigenvalue weighted by atomic mass is 9.44. The summed E-state index contributed by atoms with van der Waals surface area (Å²) in [5, 5.41) is 10.2. The lowest BCUT2D eigenvalue weighted by Gasteiger charge is -2.60. The molecule has 9 atom stereocenters. The highest BCUT2D eigenvalue weighted by Gasteiger charge is 2.63. The lowest BCUT2D eigenvalue weighted by Crippen LogP contribution is -2.57. The molecule has 4 aliphatic rings. The molecular formula is C24H38O2. The van der Waals surface area contributed by atoms with Crippen molar-refractivity contribution in [3.8, 4) is 0 Å². The first-order chi connectivity index (χ1) is 12.3. The van der Waals surface area contributed by atoms with E-state index in [2.05, 4.69) is 39.8 Å². The standard InChI is InChI=1S/C24H38O2/c1-5-6-15(2)19-9-10-20-18-8-7-16-13-17(25)11-12-23(16,3)22(18)21(26)14-24(19,20)4/h5-6,15-20,22,25H,7-14H2,1-4H3/t15-,16?,17?,18+,19-,20+,22-,23+,24-/m1/s1. The van der Waals surface area contributed by atoms with E-state index in [1.807, 2.05) is 0 Å². The van der Waals surface area contributed by atoms with Crippen LogP contribution in [0.25, 0.3) is 0 Å². The SMILES string of the molecule is CC=C[C@@H](C)[C@H]1CC[C@H]2[C@@H]3CCC4CC(O)CC[C@]4(C)[C@H]3C(=O)C[C@]12C. The minimum Gasteiger partial charge on any atom is -0.393 e. The molecule has 1 N–H and O–H groups in total. The first-order valence-electron chi connectivity index (χ1n) is 11.1. The number of rotatable bonds is 2. The fourth-order valence-electron chi connectivity index (χ4n) is 8.39. The predicted molar refractivity (Wildman–Crippen MR) is 106 cm³/mol. The third-order valence-electron chi connectivity index (χ3n) is 9.52. The molecule has 0 saturated heterocycles. The van der Waals surface area contributed by atoms with Gasteiger partial charge < -0.3 is 5.11 Å². The van der Waals surface area contributed by atoms with Gasteiger partial charge in [-0.1, -0.05) is 32.9 Å². The number of hydrogen-bond donors (Lipinski definition) is 1. The molecule has 0 bridgehead atoms. The average molecular weight is 359 g/mol. The van der Waals surface area contributed by atoms with Crippen LogP contribution in [0.15, 0.2) is 12.2 Å². The van der Waals surface area contributed by atoms with Crippen molar-refractivity contribution in [1.82, 2.24) is 0 Å². The highest BCUT2D eigenvalue weighted by atomic mass is 16.3. The van der Waals surface area contributed by atoms with Crippen LogP contribution in [-0.2, 0) is 4.79 Å². The highest BCUT2D eigenvalue weighted by molar-refractivity contribution is 5.84. The topological polar surface area (TPSA) is 37.3 Å². The Hall–Kier alpha value is -0.630. The van der Waals surface area contributed by atoms with Gasteiger partial charge in [0.15, 0.2) is 0 Å². The van der Waals surface area contributed by atoms with Gasteiger partial charge in [0, 0.05) is 12.3 Å². The fourth-order valence-corrected chi connectivity index (χ4v) is 8.39. The second-order valence-electron chi connectivity index (χ2n) is 10.7. The molecule has 4 aliphatic carbocycles. The van der Waals surface area contributed by atoms with E-state index in [4.69, 9.17) is 0 Å². The Bertz CT molecular complexity index is 595. The van der Waals surface area contributed by atoms with Crippen LogP contribution < -0.4 is 0 Å². The molecule has 0 aliphatic heterocycles. The Morgan fingerprint density at radius 1 is 1.12 bits per heavy atom. The summed E-state index contributed by atoms with van der Waals surface area (Å²) in [6.45, 7) is 9.32. The molecule has 0 radical (unpaired) electrons. The van der Waals surface area contributed by atoms with E-state index in [9.17, 15) is 9.90 Å². The maximum atomic E-state index is 13.6. The first kappa shape index (κ1) is 18.7. The van der Waals surface area contributed by atoms with Crippen molar-refractivity contribution >= 4 is 5.78 Å². The van der Waals surface area contributed by atoms with Crippen LogP contribution in [0.4, 0.5) is 0 Å². The molecule has 2 unspecified atom stereocenters. The number of hydrogen-bond acceptors (Lipinski definition) is 2. The van der Waals surface area contributed by atoms with Crippen LogP contribution in [0.3, 0.4) is 0 Å². The van der Waals surface area contributed by atoms with Crippen LogP contribution in [0.5, 0.6) is 0 Å². The lowest BCUT2D eigenvalue weighted by molar-refractivity contribution is -0.162. The van der Waals surface area contributed by atoms with Crippen LogP contribution >= 0.6 is 0 Å². The van der Waals surface area contributed by atoms with Crippen molar-refractivity contribution in [3.05, 3.63) is 12.2 Å². The Kier molecular flexibility index (Phi) is 4.66. The van der Waals surface area contributed by atoms with Gasteiger partial charge in [0.05, 0.1) is 6.10 Å². The van der Waals surface area contributed by atoms with E-state index in [0.717, 1.165) is 31.6 Å². The van der Waals surface area contributed by atoms with Gasteiger partial charge in [0.25, 0.3) is 0 Å². The summed E-state index contributed by atoms with van der Waals surface area (Å²) in [6, 6.07) is 0. The van der Waals surface area contributed by atoms with E-state index in [1.54, 1.807) is 0 Å². The van der Waals surface area contributed by atoms with E-state index in [1.165, 1.54) is 25.7 Å². The van der Waals surface area contributed by atoms with Gasteiger partial charge in [0.1, 0.15) is 5.78 Å². The van der Waals surface area contributed by atoms with Gasteiger partial charge in [0.2, 0.25) is 0 Å². The summed E-state index contributed by atoms with van der Waals surface area (Å²) in [4.78, 5) is 13.6. The van der Waals surface area contributed by atoms with Crippen molar-refractivity contribution in [3.63, 3.8) is 0 Å². The molecule has 0 heterocycles. The van der Waals surface area contributed by atoms with Crippen molar-refractivity contribution in [2.24, 2.45) is 46.3 Å². The van der Waals surface area contributed by atoms with Gasteiger partial charge in [-0.25, -0.2) is 0 Å². The molecule has 2 nitrogen and oxygen atoms in total. The predicted octanol–water partition coefficient (Wildman–Crippen LogP) is 5.40. The van der Waals surface area contributed by atoms with Crippen molar-refractivity contribution in [1.29, 1.82) is 0 Å². The third kappa shape index (κ3) is 2.58. The van der Waals surface area contributed by atoms with Crippen molar-refractivity contribution in [2.45, 2.75) is 85.2 Å². The first-order valence-corrected chi connectivity index (χ1v) is 11.1. The molecular weight excluding hydrogens is 320 g/mol. The number of ketones is 1. The third-order valence-corrected chi connectivity index (χ3v) is 9.52. The van der Waals surface area contributed by atoms with Crippen LogP contribution in [0.1, 0.15) is 79.1 Å². The molecule has 146 valence electrons. The molecule has 2 heteroatoms. The summed E-state index contributed by atoms with van der Waals surface area (Å²) < 4.78 is 0. The largest absolute Gasteiger partial charge is 0.393 e. The van der Waals surface area contributed by atoms with Crippen LogP contribution in [-0.4, -0.2) is 17.0 Å². The molecule has 4 fully saturated rings. The number of aliphatic hydroxyl groups excluding tert-OH is 1. The van der Waals surface area contributed by atoms with E-state index in [-0.39, 0.29) is 22.9 Å². The number of carbonyl (C=O) groups is 1. The molecule has 0 aromatic rings. The summed E-state index contributed by atoms with van der Waals surface area (Å²) in [5.41, 5.74) is 0.349. The maximum absolute atomic E-state index is 13.6. The quantitative estimate of drug-likeness (QED) is 0.671. The second-order valence-corrected chi connectivity index (χ2v) is 10.7. The molecule has 0 amide bonds. The van der Waals surface area contributed by atoms with Gasteiger partial charge in [-0.2, -0.15) is 0 Å². The molecule has 0 aromatic heterocycles. The summed E-state index contributed by atoms with van der Waals surface area (Å²) in [5.74, 6) is 3.95. The van der Waals surface area contributed by atoms with E-state index < -0.39 is 0 Å². The Labute approximate surface area is 159 Å². The highest BCUT2D eigenvalue weighted by Crippen LogP contribution is 2.67. The molecule has 0 spiro atoms. The van der Waals surface area contributed by atoms with Crippen LogP contribution in [0.2, 0.25) is 0 Å². The zero-order chi connectivity index (χ0) is 18.7. The zero-order valence-electron chi connectivity index (χ0n) is 17.2. The number of fused-ring (bicyclic) bond motifs is 5. The number of allylic oxidation sites excluding steroid dienone is 2.